The number of hydrogen-bond donors (Lipinski definition) is 1. The van der Waals surface area contributed by atoms with E-state index in [9.17, 15) is 9.59 Å². The van der Waals surface area contributed by atoms with Gasteiger partial charge in [-0.15, -0.1) is 12.4 Å². The van der Waals surface area contributed by atoms with E-state index >= 15 is 0 Å². The van der Waals surface area contributed by atoms with Crippen molar-refractivity contribution in [3.63, 3.8) is 0 Å². The highest BCUT2D eigenvalue weighted by Gasteiger charge is 2.26. The second kappa shape index (κ2) is 8.80. The van der Waals surface area contributed by atoms with Crippen molar-refractivity contribution in [3.8, 4) is 11.3 Å². The Labute approximate surface area is 176 Å². The molecule has 1 fully saturated rings. The quantitative estimate of drug-likeness (QED) is 0.705. The summed E-state index contributed by atoms with van der Waals surface area (Å²) in [5.41, 5.74) is 2.10. The monoisotopic (exact) mass is 412 g/mol. The van der Waals surface area contributed by atoms with Crippen LogP contribution in [-0.4, -0.2) is 37.0 Å². The van der Waals surface area contributed by atoms with Crippen LogP contribution in [0.1, 0.15) is 28.8 Å². The number of carbonyl (C=O) groups excluding carboxylic acids is 1. The van der Waals surface area contributed by atoms with Crippen molar-refractivity contribution in [2.75, 3.05) is 20.1 Å². The van der Waals surface area contributed by atoms with E-state index in [1.165, 1.54) is 0 Å². The van der Waals surface area contributed by atoms with Crippen LogP contribution in [-0.2, 0) is 0 Å². The summed E-state index contributed by atoms with van der Waals surface area (Å²) in [7, 11) is 1.92. The third kappa shape index (κ3) is 3.93. The molecule has 2 aromatic carbocycles. The average Bonchev–Trinajstić information content (AvgIpc) is 2.76. The summed E-state index contributed by atoms with van der Waals surface area (Å²) in [6.07, 6.45) is 2.02. The predicted molar refractivity (Wildman–Crippen MR) is 118 cm³/mol. The molecular formula is C23H25ClN2O3. The first-order chi connectivity index (χ1) is 13.6. The summed E-state index contributed by atoms with van der Waals surface area (Å²) >= 11 is 0. The molecule has 0 saturated carbocycles. The lowest BCUT2D eigenvalue weighted by Crippen LogP contribution is -2.47. The standard InChI is InChI=1S/C23H24N2O3.ClH/c1-15-20(26)18-11-6-12-19(23(27)25-13-7-10-17(14-25)24-2)22(18)28-21(15)16-8-4-3-5-9-16;/h3-6,8-9,11-12,17,24H,7,10,13-14H2,1-2H3;1H. The number of benzene rings is 2. The van der Waals surface area contributed by atoms with Gasteiger partial charge in [0, 0.05) is 30.3 Å². The van der Waals surface area contributed by atoms with Crippen LogP contribution in [0.3, 0.4) is 0 Å². The number of nitrogens with zero attached hydrogens (tertiary/aromatic N) is 1. The summed E-state index contributed by atoms with van der Waals surface area (Å²) in [6, 6.07) is 15.1. The number of rotatable bonds is 3. The number of piperidine rings is 1. The zero-order chi connectivity index (χ0) is 19.7. The van der Waals surface area contributed by atoms with Crippen LogP contribution in [0, 0.1) is 6.92 Å². The SMILES string of the molecule is CNC1CCCN(C(=O)c2cccc3c(=O)c(C)c(-c4ccccc4)oc23)C1.Cl. The molecule has 4 rings (SSSR count). The Balaban J connectivity index is 0.00000240. The maximum Gasteiger partial charge on any atom is 0.257 e. The molecule has 29 heavy (non-hydrogen) atoms. The number of amides is 1. The number of likely N-dealkylation sites (N-methyl/N-ethyl adjacent to an activating group) is 1. The zero-order valence-corrected chi connectivity index (χ0v) is 17.4. The number of carbonyl (C=O) groups is 1. The van der Waals surface area contributed by atoms with Crippen LogP contribution in [0.25, 0.3) is 22.3 Å². The molecule has 1 N–H and O–H groups in total. The lowest BCUT2D eigenvalue weighted by atomic mass is 10.0. The van der Waals surface area contributed by atoms with Crippen LogP contribution in [0.15, 0.2) is 57.7 Å². The Morgan fingerprint density at radius 1 is 1.14 bits per heavy atom. The minimum absolute atomic E-state index is 0. The first-order valence-corrected chi connectivity index (χ1v) is 9.68. The van der Waals surface area contributed by atoms with Gasteiger partial charge in [-0.05, 0) is 38.9 Å². The molecule has 1 aromatic heterocycles. The third-order valence-electron chi connectivity index (χ3n) is 5.53. The summed E-state index contributed by atoms with van der Waals surface area (Å²) in [4.78, 5) is 28.1. The van der Waals surface area contributed by atoms with Gasteiger partial charge in [0.15, 0.2) is 11.0 Å². The average molecular weight is 413 g/mol. The van der Waals surface area contributed by atoms with E-state index in [0.29, 0.717) is 40.4 Å². The molecule has 0 aliphatic carbocycles. The first-order valence-electron chi connectivity index (χ1n) is 9.68. The van der Waals surface area contributed by atoms with Gasteiger partial charge in [-0.3, -0.25) is 9.59 Å². The predicted octanol–water partition coefficient (Wildman–Crippen LogP) is 4.01. The third-order valence-corrected chi connectivity index (χ3v) is 5.53. The highest BCUT2D eigenvalue weighted by molar-refractivity contribution is 6.05. The molecule has 3 aromatic rings. The molecule has 152 valence electrons. The molecular weight excluding hydrogens is 388 g/mol. The van der Waals surface area contributed by atoms with Gasteiger partial charge in [-0.2, -0.15) is 0 Å². The summed E-state index contributed by atoms with van der Waals surface area (Å²) in [5.74, 6) is 0.432. The van der Waals surface area contributed by atoms with Gasteiger partial charge in [0.05, 0.1) is 10.9 Å². The Morgan fingerprint density at radius 2 is 1.90 bits per heavy atom. The van der Waals surface area contributed by atoms with Gasteiger partial charge >= 0.3 is 0 Å². The van der Waals surface area contributed by atoms with Crippen molar-refractivity contribution in [2.24, 2.45) is 0 Å². The van der Waals surface area contributed by atoms with Crippen molar-refractivity contribution in [2.45, 2.75) is 25.8 Å². The normalized spacial score (nSPS) is 16.5. The van der Waals surface area contributed by atoms with Crippen molar-refractivity contribution in [1.82, 2.24) is 10.2 Å². The fraction of sp³-hybridized carbons (Fsp3) is 0.304. The number of halogens is 1. The molecule has 1 unspecified atom stereocenters. The van der Waals surface area contributed by atoms with Crippen LogP contribution in [0.4, 0.5) is 0 Å². The Bertz CT molecular complexity index is 1080. The van der Waals surface area contributed by atoms with Gasteiger partial charge in [-0.1, -0.05) is 36.4 Å². The molecule has 5 nitrogen and oxygen atoms in total. The number of hydrogen-bond acceptors (Lipinski definition) is 4. The molecule has 1 atom stereocenters. The minimum atomic E-state index is -0.0958. The minimum Gasteiger partial charge on any atom is -0.455 e. The lowest BCUT2D eigenvalue weighted by molar-refractivity contribution is 0.0699. The van der Waals surface area contributed by atoms with Crippen molar-refractivity contribution in [3.05, 3.63) is 69.9 Å². The van der Waals surface area contributed by atoms with Crippen LogP contribution in [0.2, 0.25) is 0 Å². The van der Waals surface area contributed by atoms with Gasteiger partial charge in [0.25, 0.3) is 5.91 Å². The second-order valence-electron chi connectivity index (χ2n) is 7.31. The molecule has 2 heterocycles. The number of fused-ring (bicyclic) bond motifs is 1. The van der Waals surface area contributed by atoms with E-state index in [2.05, 4.69) is 5.32 Å². The van der Waals surface area contributed by atoms with Gasteiger partial charge in [0.1, 0.15) is 5.76 Å². The Morgan fingerprint density at radius 3 is 2.62 bits per heavy atom. The lowest BCUT2D eigenvalue weighted by Gasteiger charge is -2.32. The van der Waals surface area contributed by atoms with E-state index in [4.69, 9.17) is 4.42 Å². The van der Waals surface area contributed by atoms with E-state index < -0.39 is 0 Å². The smallest absolute Gasteiger partial charge is 0.257 e. The van der Waals surface area contributed by atoms with Crippen LogP contribution in [0.5, 0.6) is 0 Å². The molecule has 0 bridgehead atoms. The maximum atomic E-state index is 13.3. The van der Waals surface area contributed by atoms with Crippen molar-refractivity contribution < 1.29 is 9.21 Å². The van der Waals surface area contributed by atoms with Crippen molar-refractivity contribution >= 4 is 29.3 Å². The molecule has 0 spiro atoms. The van der Waals surface area contributed by atoms with E-state index in [-0.39, 0.29) is 23.7 Å². The molecule has 6 heteroatoms. The molecule has 1 amide bonds. The Kier molecular flexibility index (Phi) is 6.40. The molecule has 1 aliphatic rings. The van der Waals surface area contributed by atoms with E-state index in [0.717, 1.165) is 24.9 Å². The van der Waals surface area contributed by atoms with Gasteiger partial charge < -0.3 is 14.6 Å². The number of nitrogens with one attached hydrogen (secondary N) is 1. The topological polar surface area (TPSA) is 62.6 Å². The molecule has 0 radical (unpaired) electrons. The van der Waals surface area contributed by atoms with Gasteiger partial charge in [0.2, 0.25) is 0 Å². The maximum absolute atomic E-state index is 13.3. The molecule has 1 aliphatic heterocycles. The fourth-order valence-corrected chi connectivity index (χ4v) is 3.91. The summed E-state index contributed by atoms with van der Waals surface area (Å²) < 4.78 is 6.19. The fourth-order valence-electron chi connectivity index (χ4n) is 3.91. The number of likely N-dealkylation sites (tertiary alicyclic amines) is 1. The summed E-state index contributed by atoms with van der Waals surface area (Å²) in [6.45, 7) is 3.15. The molecule has 1 saturated heterocycles. The zero-order valence-electron chi connectivity index (χ0n) is 16.6. The van der Waals surface area contributed by atoms with Crippen molar-refractivity contribution in [1.29, 1.82) is 0 Å². The van der Waals surface area contributed by atoms with Gasteiger partial charge in [-0.25, -0.2) is 0 Å². The number of para-hydroxylation sites is 1. The summed E-state index contributed by atoms with van der Waals surface area (Å²) in [5, 5.41) is 3.71. The van der Waals surface area contributed by atoms with Crippen LogP contribution < -0.4 is 10.7 Å². The highest BCUT2D eigenvalue weighted by Crippen LogP contribution is 2.28. The first kappa shape index (κ1) is 21.1. The Hall–Kier alpha value is -2.63. The largest absolute Gasteiger partial charge is 0.455 e. The highest BCUT2D eigenvalue weighted by atomic mass is 35.5. The van der Waals surface area contributed by atoms with E-state index in [1.54, 1.807) is 25.1 Å². The van der Waals surface area contributed by atoms with Crippen LogP contribution >= 0.6 is 12.4 Å². The van der Waals surface area contributed by atoms with E-state index in [1.807, 2.05) is 42.3 Å². The second-order valence-corrected chi connectivity index (χ2v) is 7.31.